The predicted molar refractivity (Wildman–Crippen MR) is 103 cm³/mol. The number of benzene rings is 1. The molecule has 4 rings (SSSR count). The number of nitrogens with one attached hydrogen (secondary N) is 2. The third-order valence-corrected chi connectivity index (χ3v) is 5.73. The van der Waals surface area contributed by atoms with Crippen molar-refractivity contribution in [1.29, 1.82) is 5.41 Å². The number of likely N-dealkylation sites (tertiary alicyclic amines) is 1. The summed E-state index contributed by atoms with van der Waals surface area (Å²) < 4.78 is 1.26. The number of aliphatic hydroxyl groups excluding tert-OH is 1. The van der Waals surface area contributed by atoms with Gasteiger partial charge in [0, 0.05) is 11.2 Å². The fraction of sp³-hybridized carbons (Fsp3) is 0.263. The molecule has 0 saturated carbocycles. The Hall–Kier alpha value is -2.44. The molecule has 0 aliphatic carbocycles. The van der Waals surface area contributed by atoms with Crippen LogP contribution in [0.25, 0.3) is 26.7 Å². The molecule has 2 aromatic heterocycles. The summed E-state index contributed by atoms with van der Waals surface area (Å²) in [5, 5.41) is 18.8. The molecule has 0 spiro atoms. The number of imidazole rings is 1. The number of hydrogen-bond acceptors (Lipinski definition) is 4. The zero-order valence-electron chi connectivity index (χ0n) is 13.8. The molecule has 1 fully saturated rings. The summed E-state index contributed by atoms with van der Waals surface area (Å²) in [5.41, 5.74) is 0.988. The van der Waals surface area contributed by atoms with Gasteiger partial charge in [-0.3, -0.25) is 5.41 Å². The average molecular weight is 352 g/mol. The van der Waals surface area contributed by atoms with E-state index in [4.69, 9.17) is 5.41 Å². The lowest BCUT2D eigenvalue weighted by molar-refractivity contribution is 0.208. The Morgan fingerprint density at radius 2 is 2.32 bits per heavy atom. The van der Waals surface area contributed by atoms with Crippen LogP contribution in [0.5, 0.6) is 0 Å². The summed E-state index contributed by atoms with van der Waals surface area (Å²) in [5.74, 6) is 1.16. The molecule has 5 nitrogen and oxygen atoms in total. The first-order valence-electron chi connectivity index (χ1n) is 8.42. The molecule has 3 heterocycles. The number of aliphatic hydroxyl groups is 1. The molecule has 0 amide bonds. The van der Waals surface area contributed by atoms with Gasteiger partial charge in [-0.25, -0.2) is 4.98 Å². The lowest BCUT2D eigenvalue weighted by atomic mass is 10.2. The van der Waals surface area contributed by atoms with Crippen molar-refractivity contribution in [2.45, 2.75) is 18.9 Å². The second-order valence-electron chi connectivity index (χ2n) is 6.22. The first-order valence-corrected chi connectivity index (χ1v) is 9.24. The van der Waals surface area contributed by atoms with Crippen LogP contribution in [0.4, 0.5) is 0 Å². The van der Waals surface area contributed by atoms with Gasteiger partial charge in [-0.05, 0) is 42.5 Å². The maximum atomic E-state index is 9.38. The summed E-state index contributed by atoms with van der Waals surface area (Å²) in [6.45, 7) is 0.937. The molecule has 25 heavy (non-hydrogen) atoms. The highest BCUT2D eigenvalue weighted by atomic mass is 32.1. The third-order valence-electron chi connectivity index (χ3n) is 4.58. The van der Waals surface area contributed by atoms with Gasteiger partial charge < -0.3 is 15.0 Å². The lowest BCUT2D eigenvalue weighted by Crippen LogP contribution is -2.36. The molecule has 6 heteroatoms. The van der Waals surface area contributed by atoms with Crippen LogP contribution in [0.2, 0.25) is 0 Å². The van der Waals surface area contributed by atoms with Crippen LogP contribution in [-0.4, -0.2) is 45.0 Å². The summed E-state index contributed by atoms with van der Waals surface area (Å²) in [4.78, 5) is 10.8. The van der Waals surface area contributed by atoms with Gasteiger partial charge >= 0.3 is 0 Å². The summed E-state index contributed by atoms with van der Waals surface area (Å²) in [6, 6.07) is 10.6. The molecule has 0 bridgehead atoms. The summed E-state index contributed by atoms with van der Waals surface area (Å²) in [6.07, 6.45) is 7.38. The first-order chi connectivity index (χ1) is 12.2. The van der Waals surface area contributed by atoms with E-state index in [-0.39, 0.29) is 12.6 Å². The van der Waals surface area contributed by atoms with Crippen molar-refractivity contribution in [3.8, 4) is 10.6 Å². The van der Waals surface area contributed by atoms with Crippen LogP contribution >= 0.6 is 11.3 Å². The van der Waals surface area contributed by atoms with Crippen molar-refractivity contribution < 1.29 is 5.11 Å². The van der Waals surface area contributed by atoms with Gasteiger partial charge in [0.1, 0.15) is 11.7 Å². The highest BCUT2D eigenvalue weighted by Crippen LogP contribution is 2.32. The second-order valence-corrected chi connectivity index (χ2v) is 7.30. The normalized spacial score (nSPS) is 17.8. The van der Waals surface area contributed by atoms with E-state index < -0.39 is 0 Å². The molecule has 3 N–H and O–H groups in total. The molecule has 1 aliphatic heterocycles. The Kier molecular flexibility index (Phi) is 4.38. The van der Waals surface area contributed by atoms with Crippen LogP contribution in [-0.2, 0) is 0 Å². The lowest BCUT2D eigenvalue weighted by Gasteiger charge is -2.23. The summed E-state index contributed by atoms with van der Waals surface area (Å²) >= 11 is 1.74. The van der Waals surface area contributed by atoms with Crippen molar-refractivity contribution in [2.75, 3.05) is 13.2 Å². The number of hydrogen-bond donors (Lipinski definition) is 3. The Labute approximate surface area is 150 Å². The van der Waals surface area contributed by atoms with Gasteiger partial charge in [-0.2, -0.15) is 0 Å². The molecule has 3 aromatic rings. The van der Waals surface area contributed by atoms with E-state index in [0.717, 1.165) is 35.8 Å². The topological polar surface area (TPSA) is 76.0 Å². The highest BCUT2D eigenvalue weighted by Gasteiger charge is 2.24. The van der Waals surface area contributed by atoms with Gasteiger partial charge in [-0.1, -0.05) is 18.2 Å². The Morgan fingerprint density at radius 3 is 3.16 bits per heavy atom. The minimum atomic E-state index is 0.0721. The monoisotopic (exact) mass is 352 g/mol. The van der Waals surface area contributed by atoms with E-state index in [2.05, 4.69) is 28.2 Å². The van der Waals surface area contributed by atoms with Crippen LogP contribution in [0.3, 0.4) is 0 Å². The van der Waals surface area contributed by atoms with E-state index in [0.29, 0.717) is 5.84 Å². The maximum Gasteiger partial charge on any atom is 0.130 e. The largest absolute Gasteiger partial charge is 0.394 e. The summed E-state index contributed by atoms with van der Waals surface area (Å²) in [7, 11) is 0. The molecule has 0 radical (unpaired) electrons. The van der Waals surface area contributed by atoms with Crippen LogP contribution < -0.4 is 0 Å². The number of H-pyrrole nitrogens is 1. The van der Waals surface area contributed by atoms with Gasteiger partial charge in [0.2, 0.25) is 0 Å². The number of nitrogens with zero attached hydrogens (tertiary/aromatic N) is 2. The SMILES string of the molecule is N=C(/C=C\c1ncc(-c2cc3ccccc3s2)[nH]1)N1CCC[C@H]1CO. The van der Waals surface area contributed by atoms with E-state index in [1.54, 1.807) is 17.4 Å². The minimum absolute atomic E-state index is 0.0721. The van der Waals surface area contributed by atoms with Crippen LogP contribution in [0.1, 0.15) is 18.7 Å². The molecule has 1 saturated heterocycles. The van der Waals surface area contributed by atoms with Gasteiger partial charge in [0.15, 0.2) is 0 Å². The van der Waals surface area contributed by atoms with E-state index >= 15 is 0 Å². The molecule has 1 aliphatic rings. The quantitative estimate of drug-likeness (QED) is 0.494. The molecule has 1 aromatic carbocycles. The van der Waals surface area contributed by atoms with Crippen molar-refractivity contribution in [3.05, 3.63) is 48.4 Å². The van der Waals surface area contributed by atoms with Crippen LogP contribution in [0, 0.1) is 5.41 Å². The average Bonchev–Trinajstić information content (AvgIpc) is 3.37. The number of aromatic nitrogens is 2. The smallest absolute Gasteiger partial charge is 0.130 e. The molecule has 128 valence electrons. The zero-order valence-corrected chi connectivity index (χ0v) is 14.6. The van der Waals surface area contributed by atoms with Crippen LogP contribution in [0.15, 0.2) is 42.6 Å². The van der Waals surface area contributed by atoms with E-state index in [1.165, 1.54) is 10.1 Å². The molecule has 0 unspecified atom stereocenters. The van der Waals surface area contributed by atoms with Crippen molar-refractivity contribution in [2.24, 2.45) is 0 Å². The van der Waals surface area contributed by atoms with Crippen molar-refractivity contribution in [1.82, 2.24) is 14.9 Å². The predicted octanol–water partition coefficient (Wildman–Crippen LogP) is 3.74. The molecule has 1 atom stereocenters. The van der Waals surface area contributed by atoms with Gasteiger partial charge in [0.05, 0.1) is 29.4 Å². The number of rotatable bonds is 4. The molecular weight excluding hydrogens is 332 g/mol. The Morgan fingerprint density at radius 1 is 1.44 bits per heavy atom. The van der Waals surface area contributed by atoms with E-state index in [1.807, 2.05) is 29.3 Å². The number of thiophene rings is 1. The number of fused-ring (bicyclic) bond motifs is 1. The van der Waals surface area contributed by atoms with Crippen molar-refractivity contribution >= 4 is 33.3 Å². The zero-order chi connectivity index (χ0) is 17.2. The van der Waals surface area contributed by atoms with Gasteiger partial charge in [0.25, 0.3) is 0 Å². The van der Waals surface area contributed by atoms with Gasteiger partial charge in [-0.15, -0.1) is 11.3 Å². The Balaban J connectivity index is 1.50. The standard InChI is InChI=1S/C19H20N4OS/c20-18(23-9-3-5-14(23)12-24)7-8-19-21-11-15(22-19)17-10-13-4-1-2-6-16(13)25-17/h1-2,4,6-8,10-11,14,20,24H,3,5,9,12H2,(H,21,22)/b8-7-,20-18?/t14-/m0/s1. The fourth-order valence-corrected chi connectivity index (χ4v) is 4.29. The van der Waals surface area contributed by atoms with Crippen molar-refractivity contribution in [3.63, 3.8) is 0 Å². The highest BCUT2D eigenvalue weighted by molar-refractivity contribution is 7.22. The Bertz CT molecular complexity index is 893. The number of amidine groups is 1. The van der Waals surface area contributed by atoms with E-state index in [9.17, 15) is 5.11 Å². The third kappa shape index (κ3) is 3.23. The first kappa shape index (κ1) is 16.1. The number of aromatic amines is 1. The second kappa shape index (κ2) is 6.82. The minimum Gasteiger partial charge on any atom is -0.394 e. The maximum absolute atomic E-state index is 9.38. The fourth-order valence-electron chi connectivity index (χ4n) is 3.26. The molecular formula is C19H20N4OS.